The highest BCUT2D eigenvalue weighted by molar-refractivity contribution is 5.90. The Morgan fingerprint density at radius 3 is 1.52 bits per heavy atom. The van der Waals surface area contributed by atoms with Crippen molar-refractivity contribution in [3.63, 3.8) is 0 Å². The number of esters is 2. The van der Waals surface area contributed by atoms with Crippen molar-refractivity contribution in [1.29, 1.82) is 0 Å². The average Bonchev–Trinajstić information content (AvgIpc) is 3.24. The first-order valence-corrected chi connectivity index (χ1v) is 17.8. The van der Waals surface area contributed by atoms with Crippen LogP contribution in [0.4, 0.5) is 0 Å². The van der Waals surface area contributed by atoms with E-state index < -0.39 is 48.1 Å². The molecule has 10 nitrogen and oxygen atoms in total. The van der Waals surface area contributed by atoms with Crippen LogP contribution in [0.25, 0.3) is 0 Å². The maximum atomic E-state index is 13.5. The molecule has 280 valence electrons. The molecule has 1 fully saturated rings. The molecule has 5 atom stereocenters. The van der Waals surface area contributed by atoms with Gasteiger partial charge in [-0.3, -0.25) is 0 Å². The van der Waals surface area contributed by atoms with Gasteiger partial charge in [-0.2, -0.15) is 0 Å². The summed E-state index contributed by atoms with van der Waals surface area (Å²) in [5.74, 6) is -0.436. The molecular formula is C44H44O10. The molecular weight excluding hydrogens is 688 g/mol. The Kier molecular flexibility index (Phi) is 12.7. The summed E-state index contributed by atoms with van der Waals surface area (Å²) in [4.78, 5) is 26.8. The SMILES string of the molecule is COc1ccc(C(OCCOC2OC(CO)C(C)C(OC(=O)c3ccccc3)C2OC(=O)c2ccccc2)(c2ccccc2)c2ccc(OC)cc2)cc1. The minimum atomic E-state index is -1.23. The van der Waals surface area contributed by atoms with E-state index in [0.717, 1.165) is 16.7 Å². The van der Waals surface area contributed by atoms with Crippen LogP contribution < -0.4 is 9.47 Å². The average molecular weight is 733 g/mol. The van der Waals surface area contributed by atoms with Gasteiger partial charge in [-0.05, 0) is 65.2 Å². The monoisotopic (exact) mass is 732 g/mol. The minimum Gasteiger partial charge on any atom is -0.497 e. The Bertz CT molecular complexity index is 1870. The molecule has 54 heavy (non-hydrogen) atoms. The fourth-order valence-electron chi connectivity index (χ4n) is 6.64. The third-order valence-electron chi connectivity index (χ3n) is 9.55. The van der Waals surface area contributed by atoms with Crippen LogP contribution in [-0.4, -0.2) is 75.7 Å². The summed E-state index contributed by atoms with van der Waals surface area (Å²) in [6.45, 7) is 1.39. The highest BCUT2D eigenvalue weighted by Crippen LogP contribution is 2.42. The zero-order chi connectivity index (χ0) is 37.9. The number of rotatable bonds is 15. The van der Waals surface area contributed by atoms with Gasteiger partial charge in [0.05, 0.1) is 51.3 Å². The van der Waals surface area contributed by atoms with Gasteiger partial charge >= 0.3 is 11.9 Å². The minimum absolute atomic E-state index is 0.0309. The van der Waals surface area contributed by atoms with E-state index in [4.69, 9.17) is 33.2 Å². The molecule has 1 aliphatic heterocycles. The van der Waals surface area contributed by atoms with Crippen LogP contribution in [-0.2, 0) is 29.3 Å². The maximum Gasteiger partial charge on any atom is 0.338 e. The van der Waals surface area contributed by atoms with Crippen LogP contribution in [0.1, 0.15) is 44.3 Å². The van der Waals surface area contributed by atoms with Gasteiger partial charge in [0.2, 0.25) is 0 Å². The van der Waals surface area contributed by atoms with Gasteiger partial charge in [-0.25, -0.2) is 9.59 Å². The van der Waals surface area contributed by atoms with Crippen molar-refractivity contribution >= 4 is 11.9 Å². The zero-order valence-electron chi connectivity index (χ0n) is 30.4. The van der Waals surface area contributed by atoms with Crippen molar-refractivity contribution in [3.05, 3.63) is 167 Å². The lowest BCUT2D eigenvalue weighted by Gasteiger charge is -2.44. The number of carbonyl (C=O) groups excluding carboxylic acids is 2. The molecule has 1 N–H and O–H groups in total. The number of aliphatic hydroxyl groups is 1. The summed E-state index contributed by atoms with van der Waals surface area (Å²) < 4.78 is 42.5. The van der Waals surface area contributed by atoms with E-state index in [-0.39, 0.29) is 19.8 Å². The lowest BCUT2D eigenvalue weighted by molar-refractivity contribution is -0.289. The summed E-state index contributed by atoms with van der Waals surface area (Å²) in [5.41, 5.74) is 2.06. The summed E-state index contributed by atoms with van der Waals surface area (Å²) >= 11 is 0. The predicted molar refractivity (Wildman–Crippen MR) is 200 cm³/mol. The smallest absolute Gasteiger partial charge is 0.338 e. The number of benzene rings is 5. The first-order chi connectivity index (χ1) is 26.4. The molecule has 5 aromatic rings. The van der Waals surface area contributed by atoms with Crippen molar-refractivity contribution in [2.45, 2.75) is 37.1 Å². The molecule has 0 bridgehead atoms. The standard InChI is InChI=1S/C44H44O10/c1-30-38(29-45)52-43(40(54-42(47)32-15-9-5-10-16-32)39(30)53-41(46)31-13-7-4-8-14-31)50-27-28-51-44(33-17-11-6-12-18-33,34-19-23-36(48-2)24-20-34)35-21-25-37(49-3)26-22-35/h4-26,30,38-40,43,45H,27-29H2,1-3H3. The van der Waals surface area contributed by atoms with Crippen LogP contribution >= 0.6 is 0 Å². The van der Waals surface area contributed by atoms with E-state index >= 15 is 0 Å². The van der Waals surface area contributed by atoms with Gasteiger partial charge in [-0.1, -0.05) is 97.9 Å². The molecule has 10 heteroatoms. The fraction of sp³-hybridized carbons (Fsp3) is 0.273. The van der Waals surface area contributed by atoms with Crippen LogP contribution in [0.2, 0.25) is 0 Å². The van der Waals surface area contributed by atoms with Crippen LogP contribution in [0.3, 0.4) is 0 Å². The first kappa shape index (κ1) is 38.2. The quantitative estimate of drug-likeness (QED) is 0.0697. The van der Waals surface area contributed by atoms with Crippen molar-refractivity contribution in [3.8, 4) is 11.5 Å². The van der Waals surface area contributed by atoms with Crippen LogP contribution in [0.15, 0.2) is 140 Å². The molecule has 1 aliphatic rings. The van der Waals surface area contributed by atoms with Crippen LogP contribution in [0.5, 0.6) is 11.5 Å². The molecule has 6 rings (SSSR count). The predicted octanol–water partition coefficient (Wildman–Crippen LogP) is 6.83. The van der Waals surface area contributed by atoms with E-state index in [2.05, 4.69) is 0 Å². The second-order valence-corrected chi connectivity index (χ2v) is 12.8. The number of hydrogen-bond acceptors (Lipinski definition) is 10. The molecule has 1 saturated heterocycles. The molecule has 0 aromatic heterocycles. The Balaban J connectivity index is 1.31. The second-order valence-electron chi connectivity index (χ2n) is 12.8. The second kappa shape index (κ2) is 18.0. The molecule has 0 saturated carbocycles. The van der Waals surface area contributed by atoms with Crippen molar-refractivity contribution in [2.75, 3.05) is 34.0 Å². The molecule has 0 spiro atoms. The highest BCUT2D eigenvalue weighted by atomic mass is 16.7. The highest BCUT2D eigenvalue weighted by Gasteiger charge is 2.49. The topological polar surface area (TPSA) is 119 Å². The summed E-state index contributed by atoms with van der Waals surface area (Å²) in [6, 6.07) is 42.2. The summed E-state index contributed by atoms with van der Waals surface area (Å²) in [7, 11) is 3.23. The summed E-state index contributed by atoms with van der Waals surface area (Å²) in [6.07, 6.45) is -4.23. The third-order valence-corrected chi connectivity index (χ3v) is 9.55. The number of ether oxygens (including phenoxy) is 7. The number of carbonyl (C=O) groups is 2. The number of aliphatic hydroxyl groups excluding tert-OH is 1. The van der Waals surface area contributed by atoms with Gasteiger partial charge in [-0.15, -0.1) is 0 Å². The van der Waals surface area contributed by atoms with Gasteiger partial charge in [0, 0.05) is 5.92 Å². The molecule has 0 radical (unpaired) electrons. The molecule has 5 aromatic carbocycles. The van der Waals surface area contributed by atoms with Crippen molar-refractivity contribution in [2.24, 2.45) is 5.92 Å². The number of hydrogen-bond donors (Lipinski definition) is 1. The molecule has 1 heterocycles. The van der Waals surface area contributed by atoms with E-state index in [1.807, 2.05) is 78.9 Å². The van der Waals surface area contributed by atoms with E-state index in [1.54, 1.807) is 81.8 Å². The summed E-state index contributed by atoms with van der Waals surface area (Å²) in [5, 5.41) is 10.4. The third kappa shape index (κ3) is 8.48. The maximum absolute atomic E-state index is 13.5. The molecule has 5 unspecified atom stereocenters. The lowest BCUT2D eigenvalue weighted by Crippen LogP contribution is -2.58. The Morgan fingerprint density at radius 2 is 1.06 bits per heavy atom. The van der Waals surface area contributed by atoms with E-state index in [1.165, 1.54) is 0 Å². The van der Waals surface area contributed by atoms with Gasteiger partial charge < -0.3 is 38.3 Å². The first-order valence-electron chi connectivity index (χ1n) is 17.8. The lowest BCUT2D eigenvalue weighted by atomic mass is 9.80. The van der Waals surface area contributed by atoms with Gasteiger partial charge in [0.1, 0.15) is 23.2 Å². The largest absolute Gasteiger partial charge is 0.497 e. The van der Waals surface area contributed by atoms with Gasteiger partial charge in [0.25, 0.3) is 0 Å². The molecule has 0 amide bonds. The number of methoxy groups -OCH3 is 2. The van der Waals surface area contributed by atoms with Crippen LogP contribution in [0, 0.1) is 5.92 Å². The van der Waals surface area contributed by atoms with E-state index in [9.17, 15) is 14.7 Å². The molecule has 0 aliphatic carbocycles. The Morgan fingerprint density at radius 1 is 0.611 bits per heavy atom. The zero-order valence-corrected chi connectivity index (χ0v) is 30.4. The van der Waals surface area contributed by atoms with Gasteiger partial charge in [0.15, 0.2) is 12.4 Å². The Labute approximate surface area is 315 Å². The van der Waals surface area contributed by atoms with Crippen molar-refractivity contribution in [1.82, 2.24) is 0 Å². The van der Waals surface area contributed by atoms with Crippen molar-refractivity contribution < 1.29 is 47.9 Å². The Hall–Kier alpha value is -5.52. The fourth-order valence-corrected chi connectivity index (χ4v) is 6.64. The normalized spacial score (nSPS) is 19.7. The van der Waals surface area contributed by atoms with E-state index in [0.29, 0.717) is 22.6 Å².